The third-order valence-electron chi connectivity index (χ3n) is 3.30. The fraction of sp³-hybridized carbons (Fsp3) is 0.500. The molecule has 0 spiro atoms. The van der Waals surface area contributed by atoms with Gasteiger partial charge in [0, 0.05) is 24.8 Å². The summed E-state index contributed by atoms with van der Waals surface area (Å²) in [5.74, 6) is -0.578. The zero-order valence-corrected chi connectivity index (χ0v) is 12.1. The van der Waals surface area contributed by atoms with Crippen LogP contribution < -0.4 is 0 Å². The lowest BCUT2D eigenvalue weighted by molar-refractivity contribution is -0.149. The molecule has 108 valence electrons. The van der Waals surface area contributed by atoms with Gasteiger partial charge in [0.25, 0.3) is 5.91 Å². The number of likely N-dealkylation sites (tertiary alicyclic amines) is 1. The molecule has 0 unspecified atom stereocenters. The van der Waals surface area contributed by atoms with E-state index in [0.29, 0.717) is 25.3 Å². The quantitative estimate of drug-likeness (QED) is 0.633. The number of pyridine rings is 1. The molecule has 1 saturated heterocycles. The van der Waals surface area contributed by atoms with Crippen LogP contribution in [-0.2, 0) is 9.53 Å². The van der Waals surface area contributed by atoms with Gasteiger partial charge in [-0.05, 0) is 31.9 Å². The van der Waals surface area contributed by atoms with Gasteiger partial charge in [-0.15, -0.1) is 0 Å². The van der Waals surface area contributed by atoms with Gasteiger partial charge in [-0.3, -0.25) is 9.59 Å². The Kier molecular flexibility index (Phi) is 4.95. The van der Waals surface area contributed by atoms with Crippen molar-refractivity contribution in [2.75, 3.05) is 19.7 Å². The number of nitrogens with zero attached hydrogens (tertiary/aromatic N) is 2. The van der Waals surface area contributed by atoms with E-state index in [-0.39, 0.29) is 22.9 Å². The number of amides is 1. The highest BCUT2D eigenvalue weighted by Gasteiger charge is 2.29. The third kappa shape index (κ3) is 3.48. The number of esters is 1. The first-order valence-corrected chi connectivity index (χ1v) is 7.07. The second-order valence-electron chi connectivity index (χ2n) is 4.71. The van der Waals surface area contributed by atoms with E-state index in [0.717, 1.165) is 12.8 Å². The Balaban J connectivity index is 2.05. The molecule has 1 amide bonds. The summed E-state index contributed by atoms with van der Waals surface area (Å²) in [5.41, 5.74) is 0.495. The van der Waals surface area contributed by atoms with Gasteiger partial charge in [-0.2, -0.15) is 0 Å². The van der Waals surface area contributed by atoms with Crippen molar-refractivity contribution in [1.82, 2.24) is 9.88 Å². The average Bonchev–Trinajstić information content (AvgIpc) is 2.47. The summed E-state index contributed by atoms with van der Waals surface area (Å²) in [7, 11) is 0. The van der Waals surface area contributed by atoms with Crippen LogP contribution in [0.25, 0.3) is 0 Å². The van der Waals surface area contributed by atoms with Crippen molar-refractivity contribution < 1.29 is 14.3 Å². The largest absolute Gasteiger partial charge is 0.466 e. The molecule has 2 heterocycles. The maximum Gasteiger partial charge on any atom is 0.310 e. The maximum atomic E-state index is 12.4. The van der Waals surface area contributed by atoms with Crippen LogP contribution in [-0.4, -0.2) is 41.5 Å². The lowest BCUT2D eigenvalue weighted by Gasteiger charge is -2.31. The number of hydrogen-bond donors (Lipinski definition) is 0. The molecule has 6 heteroatoms. The monoisotopic (exact) mass is 296 g/mol. The SMILES string of the molecule is CCOC(=O)[C@@H]1CCCN(C(=O)c2ccnc(Cl)c2)C1. The number of piperidine rings is 1. The Bertz CT molecular complexity index is 507. The van der Waals surface area contributed by atoms with Crippen LogP contribution in [0.15, 0.2) is 18.3 Å². The Hall–Kier alpha value is -1.62. The molecule has 1 aromatic rings. The molecule has 0 bridgehead atoms. The Morgan fingerprint density at radius 2 is 2.35 bits per heavy atom. The molecule has 0 aromatic carbocycles. The lowest BCUT2D eigenvalue weighted by atomic mass is 9.97. The molecule has 0 aliphatic carbocycles. The van der Waals surface area contributed by atoms with Crippen molar-refractivity contribution >= 4 is 23.5 Å². The minimum Gasteiger partial charge on any atom is -0.466 e. The van der Waals surface area contributed by atoms with E-state index in [9.17, 15) is 9.59 Å². The number of aromatic nitrogens is 1. The van der Waals surface area contributed by atoms with Gasteiger partial charge in [-0.25, -0.2) is 4.98 Å². The standard InChI is InChI=1S/C14H17ClN2O3/c1-2-20-14(19)11-4-3-7-17(9-11)13(18)10-5-6-16-12(15)8-10/h5-6,8,11H,2-4,7,9H2,1H3/t11-/m1/s1. The molecule has 5 nitrogen and oxygen atoms in total. The van der Waals surface area contributed by atoms with Crippen LogP contribution in [0.4, 0.5) is 0 Å². The molecule has 1 aliphatic rings. The van der Waals surface area contributed by atoms with E-state index in [1.807, 2.05) is 0 Å². The minimum absolute atomic E-state index is 0.122. The van der Waals surface area contributed by atoms with Crippen molar-refractivity contribution in [3.05, 3.63) is 29.0 Å². The summed E-state index contributed by atoms with van der Waals surface area (Å²) in [6, 6.07) is 3.17. The number of ether oxygens (including phenoxy) is 1. The molecule has 20 heavy (non-hydrogen) atoms. The molecule has 0 radical (unpaired) electrons. The highest BCUT2D eigenvalue weighted by atomic mass is 35.5. The van der Waals surface area contributed by atoms with Gasteiger partial charge < -0.3 is 9.64 Å². The van der Waals surface area contributed by atoms with Crippen LogP contribution in [0.1, 0.15) is 30.1 Å². The van der Waals surface area contributed by atoms with Crippen molar-refractivity contribution in [2.45, 2.75) is 19.8 Å². The summed E-state index contributed by atoms with van der Waals surface area (Å²) in [6.07, 6.45) is 3.07. The van der Waals surface area contributed by atoms with Crippen LogP contribution in [0.2, 0.25) is 5.15 Å². The first kappa shape index (κ1) is 14.8. The predicted octanol–water partition coefficient (Wildman–Crippen LogP) is 2.15. The van der Waals surface area contributed by atoms with E-state index >= 15 is 0 Å². The van der Waals surface area contributed by atoms with Crippen molar-refractivity contribution in [3.8, 4) is 0 Å². The van der Waals surface area contributed by atoms with Gasteiger partial charge in [-0.1, -0.05) is 11.6 Å². The van der Waals surface area contributed by atoms with Crippen molar-refractivity contribution in [1.29, 1.82) is 0 Å². The molecule has 0 N–H and O–H groups in total. The number of halogens is 1. The van der Waals surface area contributed by atoms with E-state index in [4.69, 9.17) is 16.3 Å². The lowest BCUT2D eigenvalue weighted by Crippen LogP contribution is -2.42. The summed E-state index contributed by atoms with van der Waals surface area (Å²) in [6.45, 7) is 3.19. The number of carbonyl (C=O) groups excluding carboxylic acids is 2. The van der Waals surface area contributed by atoms with Gasteiger partial charge in [0.05, 0.1) is 12.5 Å². The van der Waals surface area contributed by atoms with E-state index in [1.54, 1.807) is 17.9 Å². The first-order valence-electron chi connectivity index (χ1n) is 6.69. The zero-order chi connectivity index (χ0) is 14.5. The number of carbonyl (C=O) groups is 2. The van der Waals surface area contributed by atoms with Crippen LogP contribution >= 0.6 is 11.6 Å². The van der Waals surface area contributed by atoms with Crippen LogP contribution in [0, 0.1) is 5.92 Å². The van der Waals surface area contributed by atoms with Crippen LogP contribution in [0.5, 0.6) is 0 Å². The summed E-state index contributed by atoms with van der Waals surface area (Å²) in [5, 5.41) is 0.287. The van der Waals surface area contributed by atoms with E-state index in [2.05, 4.69) is 4.98 Å². The fourth-order valence-electron chi connectivity index (χ4n) is 2.33. The molecule has 2 rings (SSSR count). The van der Waals surface area contributed by atoms with Gasteiger partial charge in [0.2, 0.25) is 0 Å². The Labute approximate surface area is 122 Å². The molecule has 1 atom stereocenters. The molecule has 1 fully saturated rings. The van der Waals surface area contributed by atoms with Gasteiger partial charge in [0.1, 0.15) is 5.15 Å². The predicted molar refractivity (Wildman–Crippen MR) is 74.5 cm³/mol. The second-order valence-corrected chi connectivity index (χ2v) is 5.10. The minimum atomic E-state index is -0.232. The summed E-state index contributed by atoms with van der Waals surface area (Å²) >= 11 is 5.79. The fourth-order valence-corrected chi connectivity index (χ4v) is 2.51. The topological polar surface area (TPSA) is 59.5 Å². The Morgan fingerprint density at radius 3 is 3.05 bits per heavy atom. The highest BCUT2D eigenvalue weighted by Crippen LogP contribution is 2.20. The second kappa shape index (κ2) is 6.70. The Morgan fingerprint density at radius 1 is 1.55 bits per heavy atom. The van der Waals surface area contributed by atoms with Crippen molar-refractivity contribution in [2.24, 2.45) is 5.92 Å². The molecule has 1 aromatic heterocycles. The average molecular weight is 297 g/mol. The molecular weight excluding hydrogens is 280 g/mol. The summed E-state index contributed by atoms with van der Waals surface area (Å²) < 4.78 is 5.03. The first-order chi connectivity index (χ1) is 9.61. The third-order valence-corrected chi connectivity index (χ3v) is 3.51. The number of hydrogen-bond acceptors (Lipinski definition) is 4. The van der Waals surface area contributed by atoms with E-state index in [1.165, 1.54) is 12.3 Å². The number of rotatable bonds is 3. The van der Waals surface area contributed by atoms with E-state index < -0.39 is 0 Å². The van der Waals surface area contributed by atoms with Crippen LogP contribution in [0.3, 0.4) is 0 Å². The van der Waals surface area contributed by atoms with Gasteiger partial charge in [0.15, 0.2) is 0 Å². The molecular formula is C14H17ClN2O3. The van der Waals surface area contributed by atoms with Gasteiger partial charge >= 0.3 is 5.97 Å². The molecule has 1 aliphatic heterocycles. The zero-order valence-electron chi connectivity index (χ0n) is 11.3. The summed E-state index contributed by atoms with van der Waals surface area (Å²) in [4.78, 5) is 29.7. The maximum absolute atomic E-state index is 12.4. The normalized spacial score (nSPS) is 18.7. The highest BCUT2D eigenvalue weighted by molar-refractivity contribution is 6.29. The molecule has 0 saturated carbocycles. The smallest absolute Gasteiger partial charge is 0.310 e. The van der Waals surface area contributed by atoms with Crippen molar-refractivity contribution in [3.63, 3.8) is 0 Å².